The Morgan fingerprint density at radius 1 is 1.19 bits per heavy atom. The number of piperidine rings is 1. The number of nitrogens with zero attached hydrogens (tertiary/aromatic N) is 2. The van der Waals surface area contributed by atoms with Crippen molar-refractivity contribution in [3.8, 4) is 0 Å². The summed E-state index contributed by atoms with van der Waals surface area (Å²) in [6.07, 6.45) is 4.55. The van der Waals surface area contributed by atoms with E-state index < -0.39 is 5.60 Å². The number of likely N-dealkylation sites (tertiary alicyclic amines) is 1. The van der Waals surface area contributed by atoms with E-state index in [0.29, 0.717) is 0 Å². The number of hydrogen-bond acceptors (Lipinski definition) is 3. The molecule has 0 atom stereocenters. The lowest BCUT2D eigenvalue weighted by molar-refractivity contribution is -0.203. The van der Waals surface area contributed by atoms with Crippen LogP contribution in [0.2, 0.25) is 0 Å². The van der Waals surface area contributed by atoms with Gasteiger partial charge in [-0.1, -0.05) is 12.1 Å². The van der Waals surface area contributed by atoms with Crippen LogP contribution < -0.4 is 0 Å². The SMILES string of the molecule is CC(C)N1CC2(CCN(CCc3cccc(F)c3)CC2)OC2(CC2)C1=O.Cl. The molecule has 0 unspecified atom stereocenters. The molecule has 2 saturated heterocycles. The van der Waals surface area contributed by atoms with E-state index in [-0.39, 0.29) is 35.8 Å². The fourth-order valence-corrected chi connectivity index (χ4v) is 4.40. The number of amides is 1. The quantitative estimate of drug-likeness (QED) is 0.781. The lowest BCUT2D eigenvalue weighted by Gasteiger charge is -2.51. The molecule has 0 aromatic heterocycles. The van der Waals surface area contributed by atoms with Crippen molar-refractivity contribution < 1.29 is 13.9 Å². The topological polar surface area (TPSA) is 32.8 Å². The van der Waals surface area contributed by atoms with Gasteiger partial charge in [-0.05, 0) is 63.6 Å². The van der Waals surface area contributed by atoms with Crippen molar-refractivity contribution in [1.82, 2.24) is 9.80 Å². The van der Waals surface area contributed by atoms with E-state index in [1.807, 2.05) is 11.0 Å². The van der Waals surface area contributed by atoms with Gasteiger partial charge in [-0.3, -0.25) is 4.79 Å². The highest BCUT2D eigenvalue weighted by Gasteiger charge is 2.62. The zero-order valence-electron chi connectivity index (χ0n) is 16.2. The molecule has 150 valence electrons. The van der Waals surface area contributed by atoms with Crippen molar-refractivity contribution in [3.63, 3.8) is 0 Å². The number of carbonyl (C=O) groups excluding carboxylic acids is 1. The number of ether oxygens (including phenoxy) is 1. The maximum atomic E-state index is 13.3. The van der Waals surface area contributed by atoms with Crippen LogP contribution in [-0.2, 0) is 16.0 Å². The number of carbonyl (C=O) groups is 1. The highest BCUT2D eigenvalue weighted by Crippen LogP contribution is 2.50. The van der Waals surface area contributed by atoms with E-state index >= 15 is 0 Å². The molecule has 6 heteroatoms. The van der Waals surface area contributed by atoms with Crippen molar-refractivity contribution in [2.24, 2.45) is 0 Å². The molecule has 2 spiro atoms. The zero-order valence-corrected chi connectivity index (χ0v) is 17.1. The predicted molar refractivity (Wildman–Crippen MR) is 106 cm³/mol. The van der Waals surface area contributed by atoms with Gasteiger partial charge in [0.2, 0.25) is 0 Å². The Morgan fingerprint density at radius 3 is 2.48 bits per heavy atom. The summed E-state index contributed by atoms with van der Waals surface area (Å²) in [6.45, 7) is 7.82. The van der Waals surface area contributed by atoms with Crippen LogP contribution in [0.5, 0.6) is 0 Å². The van der Waals surface area contributed by atoms with Crippen LogP contribution in [0.25, 0.3) is 0 Å². The first-order chi connectivity index (χ1) is 12.4. The van der Waals surface area contributed by atoms with Gasteiger partial charge in [0.15, 0.2) is 0 Å². The van der Waals surface area contributed by atoms with E-state index in [1.54, 1.807) is 12.1 Å². The molecular formula is C21H30ClFN2O2. The molecule has 4 nitrogen and oxygen atoms in total. The molecule has 3 aliphatic rings. The zero-order chi connectivity index (χ0) is 18.4. The number of hydrogen-bond donors (Lipinski definition) is 0. The van der Waals surface area contributed by atoms with Crippen LogP contribution in [0, 0.1) is 5.82 Å². The van der Waals surface area contributed by atoms with Gasteiger partial charge in [0.25, 0.3) is 5.91 Å². The summed E-state index contributed by atoms with van der Waals surface area (Å²) in [6, 6.07) is 7.11. The van der Waals surface area contributed by atoms with E-state index in [4.69, 9.17) is 4.74 Å². The Balaban J connectivity index is 0.00000210. The molecule has 27 heavy (non-hydrogen) atoms. The summed E-state index contributed by atoms with van der Waals surface area (Å²) in [5, 5.41) is 0. The van der Waals surface area contributed by atoms with Crippen molar-refractivity contribution in [2.75, 3.05) is 26.2 Å². The fraction of sp³-hybridized carbons (Fsp3) is 0.667. The van der Waals surface area contributed by atoms with Gasteiger partial charge in [-0.15, -0.1) is 12.4 Å². The Hall–Kier alpha value is -1.17. The third-order valence-electron chi connectivity index (χ3n) is 6.22. The van der Waals surface area contributed by atoms with Crippen LogP contribution in [0.15, 0.2) is 24.3 Å². The second-order valence-corrected chi connectivity index (χ2v) is 8.53. The van der Waals surface area contributed by atoms with E-state index in [9.17, 15) is 9.18 Å². The number of halogens is 2. The number of benzene rings is 1. The van der Waals surface area contributed by atoms with Crippen LogP contribution in [0.4, 0.5) is 4.39 Å². The van der Waals surface area contributed by atoms with Gasteiger partial charge in [0.05, 0.1) is 12.1 Å². The molecule has 2 aliphatic heterocycles. The molecule has 1 saturated carbocycles. The highest BCUT2D eigenvalue weighted by molar-refractivity contribution is 5.89. The Morgan fingerprint density at radius 2 is 1.89 bits per heavy atom. The van der Waals surface area contributed by atoms with Crippen LogP contribution in [-0.4, -0.2) is 59.1 Å². The summed E-state index contributed by atoms with van der Waals surface area (Å²) in [5.74, 6) is 0.0375. The summed E-state index contributed by atoms with van der Waals surface area (Å²) in [7, 11) is 0. The first-order valence-electron chi connectivity index (χ1n) is 9.90. The standard InChI is InChI=1S/C21H29FN2O2.ClH/c1-16(2)24-15-20(26-21(7-8-21)19(24)25)9-12-23(13-10-20)11-6-17-4-3-5-18(22)14-17;/h3-5,14,16H,6-13,15H2,1-2H3;1H. The molecule has 1 amide bonds. The maximum absolute atomic E-state index is 13.3. The van der Waals surface area contributed by atoms with Crippen molar-refractivity contribution in [2.45, 2.75) is 63.2 Å². The molecule has 1 aromatic carbocycles. The second kappa shape index (κ2) is 7.69. The summed E-state index contributed by atoms with van der Waals surface area (Å²) in [5.41, 5.74) is 0.365. The minimum absolute atomic E-state index is 0. The minimum atomic E-state index is -0.508. The molecule has 0 radical (unpaired) electrons. The lowest BCUT2D eigenvalue weighted by Crippen LogP contribution is -2.64. The average Bonchev–Trinajstić information content (AvgIpc) is 3.38. The van der Waals surface area contributed by atoms with Gasteiger partial charge in [-0.25, -0.2) is 4.39 Å². The van der Waals surface area contributed by atoms with Gasteiger partial charge in [0.1, 0.15) is 11.4 Å². The number of rotatable bonds is 4. The first-order valence-corrected chi connectivity index (χ1v) is 9.90. The van der Waals surface area contributed by atoms with E-state index in [1.165, 1.54) is 6.07 Å². The lowest BCUT2D eigenvalue weighted by atomic mass is 9.87. The Bertz CT molecular complexity index is 685. The molecular weight excluding hydrogens is 367 g/mol. The van der Waals surface area contributed by atoms with Gasteiger partial charge in [0, 0.05) is 25.7 Å². The predicted octanol–water partition coefficient (Wildman–Crippen LogP) is 3.42. The van der Waals surface area contributed by atoms with Crippen molar-refractivity contribution in [1.29, 1.82) is 0 Å². The van der Waals surface area contributed by atoms with Crippen molar-refractivity contribution >= 4 is 18.3 Å². The molecule has 3 fully saturated rings. The third kappa shape index (κ3) is 4.15. The average molecular weight is 397 g/mol. The van der Waals surface area contributed by atoms with Crippen molar-refractivity contribution in [3.05, 3.63) is 35.6 Å². The van der Waals surface area contributed by atoms with Gasteiger partial charge >= 0.3 is 0 Å². The largest absolute Gasteiger partial charge is 0.357 e. The fourth-order valence-electron chi connectivity index (χ4n) is 4.40. The van der Waals surface area contributed by atoms with Gasteiger partial charge < -0.3 is 14.5 Å². The third-order valence-corrected chi connectivity index (χ3v) is 6.22. The summed E-state index contributed by atoms with van der Waals surface area (Å²) in [4.78, 5) is 17.2. The Labute approximate surface area is 167 Å². The van der Waals surface area contributed by atoms with Crippen LogP contribution in [0.1, 0.15) is 45.1 Å². The van der Waals surface area contributed by atoms with Crippen LogP contribution in [0.3, 0.4) is 0 Å². The number of morpholine rings is 1. The Kier molecular flexibility index (Phi) is 5.85. The molecule has 4 rings (SSSR count). The van der Waals surface area contributed by atoms with Gasteiger partial charge in [-0.2, -0.15) is 0 Å². The van der Waals surface area contributed by atoms with E-state index in [2.05, 4.69) is 18.7 Å². The van der Waals surface area contributed by atoms with Crippen LogP contribution >= 0.6 is 12.4 Å². The molecule has 2 heterocycles. The minimum Gasteiger partial charge on any atom is -0.357 e. The normalized spacial score (nSPS) is 23.7. The summed E-state index contributed by atoms with van der Waals surface area (Å²) < 4.78 is 19.8. The second-order valence-electron chi connectivity index (χ2n) is 8.53. The molecule has 0 bridgehead atoms. The monoisotopic (exact) mass is 396 g/mol. The molecule has 1 aromatic rings. The highest BCUT2D eigenvalue weighted by atomic mass is 35.5. The first kappa shape index (κ1) is 20.6. The molecule has 0 N–H and O–H groups in total. The smallest absolute Gasteiger partial charge is 0.255 e. The maximum Gasteiger partial charge on any atom is 0.255 e. The summed E-state index contributed by atoms with van der Waals surface area (Å²) >= 11 is 0. The van der Waals surface area contributed by atoms with E-state index in [0.717, 1.165) is 63.8 Å². The molecule has 1 aliphatic carbocycles.